The Morgan fingerprint density at radius 1 is 1.00 bits per heavy atom. The van der Waals surface area contributed by atoms with Crippen molar-refractivity contribution in [3.8, 4) is 11.1 Å². The summed E-state index contributed by atoms with van der Waals surface area (Å²) in [5.41, 5.74) is 1.22. The second-order valence-electron chi connectivity index (χ2n) is 7.57. The van der Waals surface area contributed by atoms with Crippen LogP contribution in [0.2, 0.25) is 0 Å². The molecule has 1 heterocycles. The van der Waals surface area contributed by atoms with Gasteiger partial charge in [0.05, 0.1) is 18.8 Å². The first kappa shape index (κ1) is 21.8. The van der Waals surface area contributed by atoms with Gasteiger partial charge in [0.15, 0.2) is 11.6 Å². The van der Waals surface area contributed by atoms with E-state index in [1.165, 1.54) is 12.1 Å². The molecule has 2 unspecified atom stereocenters. The second kappa shape index (κ2) is 10.3. The van der Waals surface area contributed by atoms with Gasteiger partial charge in [0.1, 0.15) is 5.82 Å². The molecule has 1 aliphatic rings. The molecule has 2 nitrogen and oxygen atoms in total. The van der Waals surface area contributed by atoms with Crippen molar-refractivity contribution >= 4 is 0 Å². The van der Waals surface area contributed by atoms with E-state index < -0.39 is 17.7 Å². The molecule has 3 rings (SSSR count). The Bertz CT molecular complexity index is 814. The Kier molecular flexibility index (Phi) is 7.73. The van der Waals surface area contributed by atoms with Crippen molar-refractivity contribution < 1.29 is 22.6 Å². The highest BCUT2D eigenvalue weighted by Crippen LogP contribution is 2.35. The lowest BCUT2D eigenvalue weighted by Crippen LogP contribution is -2.28. The van der Waals surface area contributed by atoms with Crippen molar-refractivity contribution in [1.82, 2.24) is 0 Å². The van der Waals surface area contributed by atoms with Gasteiger partial charge in [-0.05, 0) is 49.8 Å². The van der Waals surface area contributed by atoms with E-state index in [2.05, 4.69) is 6.92 Å². The average molecular weight is 406 g/mol. The molecule has 0 radical (unpaired) electrons. The minimum Gasteiger partial charge on any atom is -0.376 e. The number of rotatable bonds is 8. The Morgan fingerprint density at radius 3 is 2.48 bits per heavy atom. The lowest BCUT2D eigenvalue weighted by atomic mass is 9.95. The van der Waals surface area contributed by atoms with E-state index >= 15 is 0 Å². The highest BCUT2D eigenvalue weighted by atomic mass is 19.2. The smallest absolute Gasteiger partial charge is 0.167 e. The Labute approximate surface area is 171 Å². The molecule has 0 spiro atoms. The summed E-state index contributed by atoms with van der Waals surface area (Å²) in [5, 5.41) is 0. The van der Waals surface area contributed by atoms with Crippen LogP contribution in [0.3, 0.4) is 0 Å². The summed E-state index contributed by atoms with van der Waals surface area (Å²) in [6, 6.07) is 7.68. The number of aryl methyl sites for hydroxylation is 1. The van der Waals surface area contributed by atoms with Gasteiger partial charge in [0.25, 0.3) is 0 Å². The van der Waals surface area contributed by atoms with Crippen LogP contribution in [0.25, 0.3) is 11.1 Å². The summed E-state index contributed by atoms with van der Waals surface area (Å²) in [7, 11) is 0. The van der Waals surface area contributed by atoms with Crippen LogP contribution in [0.1, 0.15) is 63.2 Å². The van der Waals surface area contributed by atoms with E-state index in [4.69, 9.17) is 9.47 Å². The topological polar surface area (TPSA) is 18.5 Å². The molecule has 1 fully saturated rings. The number of ether oxygens (including phenoxy) is 2. The molecule has 0 saturated carbocycles. The van der Waals surface area contributed by atoms with Crippen LogP contribution in [-0.4, -0.2) is 19.3 Å². The molecule has 0 amide bonds. The summed E-state index contributed by atoms with van der Waals surface area (Å²) in [6.45, 7) is 4.98. The maximum Gasteiger partial charge on any atom is 0.167 e. The molecular weight excluding hydrogens is 377 g/mol. The highest BCUT2D eigenvalue weighted by Gasteiger charge is 2.27. The van der Waals surface area contributed by atoms with E-state index in [0.717, 1.165) is 25.7 Å². The first-order valence-electron chi connectivity index (χ1n) is 10.5. The van der Waals surface area contributed by atoms with E-state index in [9.17, 15) is 13.2 Å². The van der Waals surface area contributed by atoms with E-state index in [1.54, 1.807) is 18.2 Å². The molecule has 1 aliphatic heterocycles. The van der Waals surface area contributed by atoms with Gasteiger partial charge in [-0.1, -0.05) is 44.0 Å². The fourth-order valence-corrected chi connectivity index (χ4v) is 3.86. The summed E-state index contributed by atoms with van der Waals surface area (Å²) < 4.78 is 55.2. The molecule has 2 aromatic rings. The number of hydrogen-bond donors (Lipinski definition) is 0. The van der Waals surface area contributed by atoms with Crippen LogP contribution in [0.4, 0.5) is 13.2 Å². The average Bonchev–Trinajstić information content (AvgIpc) is 2.72. The second-order valence-corrected chi connectivity index (χ2v) is 7.57. The van der Waals surface area contributed by atoms with Gasteiger partial charge in [0, 0.05) is 17.7 Å². The van der Waals surface area contributed by atoms with Gasteiger partial charge in [-0.15, -0.1) is 0 Å². The molecule has 0 aromatic heterocycles. The quantitative estimate of drug-likeness (QED) is 0.451. The van der Waals surface area contributed by atoms with Gasteiger partial charge in [-0.25, -0.2) is 13.2 Å². The standard InChI is InChI=1S/C24H29F3O2/c1-3-5-6-7-16-8-9-17(14-21(16)25)19-11-12-20(24(27)23(19)26)22-13-10-18(15-29-22)28-4-2/h8-9,11-12,14,18,22H,3-7,10,13,15H2,1-2H3. The minimum absolute atomic E-state index is 0.00208. The Morgan fingerprint density at radius 2 is 1.83 bits per heavy atom. The van der Waals surface area contributed by atoms with E-state index in [0.29, 0.717) is 37.2 Å². The van der Waals surface area contributed by atoms with Crippen molar-refractivity contribution in [1.29, 1.82) is 0 Å². The molecule has 5 heteroatoms. The fraction of sp³-hybridized carbons (Fsp3) is 0.500. The summed E-state index contributed by atoms with van der Waals surface area (Å²) in [5.74, 6) is -2.26. The first-order valence-corrected chi connectivity index (χ1v) is 10.5. The van der Waals surface area contributed by atoms with Crippen LogP contribution in [0, 0.1) is 17.5 Å². The summed E-state index contributed by atoms with van der Waals surface area (Å²) in [6.07, 6.45) is 4.49. The predicted octanol–water partition coefficient (Wildman–Crippen LogP) is 6.76. The number of benzene rings is 2. The first-order chi connectivity index (χ1) is 14.0. The van der Waals surface area contributed by atoms with Gasteiger partial charge < -0.3 is 9.47 Å². The van der Waals surface area contributed by atoms with Crippen molar-refractivity contribution in [3.05, 3.63) is 58.9 Å². The molecule has 2 atom stereocenters. The largest absolute Gasteiger partial charge is 0.376 e. The van der Waals surface area contributed by atoms with Crippen LogP contribution >= 0.6 is 0 Å². The van der Waals surface area contributed by atoms with Crippen molar-refractivity contribution in [3.63, 3.8) is 0 Å². The van der Waals surface area contributed by atoms with E-state index in [-0.39, 0.29) is 23.0 Å². The summed E-state index contributed by atoms with van der Waals surface area (Å²) in [4.78, 5) is 0. The predicted molar refractivity (Wildman–Crippen MR) is 108 cm³/mol. The van der Waals surface area contributed by atoms with Crippen molar-refractivity contribution in [2.45, 2.75) is 64.6 Å². The molecule has 0 aliphatic carbocycles. The molecule has 0 bridgehead atoms. The molecule has 0 N–H and O–H groups in total. The van der Waals surface area contributed by atoms with Gasteiger partial charge in [0.2, 0.25) is 0 Å². The Balaban J connectivity index is 1.77. The monoisotopic (exact) mass is 406 g/mol. The van der Waals surface area contributed by atoms with Crippen LogP contribution in [0.5, 0.6) is 0 Å². The fourth-order valence-electron chi connectivity index (χ4n) is 3.86. The SMILES string of the molecule is CCCCCc1ccc(-c2ccc(C3CCC(OCC)CO3)c(F)c2F)cc1F. The lowest BCUT2D eigenvalue weighted by molar-refractivity contribution is -0.0850. The van der Waals surface area contributed by atoms with Crippen LogP contribution in [-0.2, 0) is 15.9 Å². The highest BCUT2D eigenvalue weighted by molar-refractivity contribution is 5.65. The lowest BCUT2D eigenvalue weighted by Gasteiger charge is -2.29. The number of halogens is 3. The maximum absolute atomic E-state index is 14.8. The zero-order valence-electron chi connectivity index (χ0n) is 17.1. The van der Waals surface area contributed by atoms with Crippen LogP contribution in [0.15, 0.2) is 30.3 Å². The van der Waals surface area contributed by atoms with Gasteiger partial charge in [-0.2, -0.15) is 0 Å². The Hall–Kier alpha value is -1.85. The molecule has 29 heavy (non-hydrogen) atoms. The molecular formula is C24H29F3O2. The third-order valence-corrected chi connectivity index (χ3v) is 5.51. The minimum atomic E-state index is -0.962. The third-order valence-electron chi connectivity index (χ3n) is 5.51. The molecule has 158 valence electrons. The maximum atomic E-state index is 14.8. The zero-order valence-corrected chi connectivity index (χ0v) is 17.1. The van der Waals surface area contributed by atoms with E-state index in [1.807, 2.05) is 6.92 Å². The van der Waals surface area contributed by atoms with Gasteiger partial charge >= 0.3 is 0 Å². The number of unbranched alkanes of at least 4 members (excludes halogenated alkanes) is 2. The number of hydrogen-bond acceptors (Lipinski definition) is 2. The normalized spacial score (nSPS) is 19.5. The third kappa shape index (κ3) is 5.20. The summed E-state index contributed by atoms with van der Waals surface area (Å²) >= 11 is 0. The van der Waals surface area contributed by atoms with Crippen LogP contribution < -0.4 is 0 Å². The van der Waals surface area contributed by atoms with Gasteiger partial charge in [-0.3, -0.25) is 0 Å². The van der Waals surface area contributed by atoms with Crippen molar-refractivity contribution in [2.75, 3.05) is 13.2 Å². The molecule has 2 aromatic carbocycles. The zero-order chi connectivity index (χ0) is 20.8. The van der Waals surface area contributed by atoms with Crippen molar-refractivity contribution in [2.24, 2.45) is 0 Å². The molecule has 1 saturated heterocycles.